The quantitative estimate of drug-likeness (QED) is 0.805. The number of nitrogens with two attached hydrogens (primary N) is 1. The first kappa shape index (κ1) is 15.0. The Hall–Kier alpha value is -2.37. The van der Waals surface area contributed by atoms with Crippen LogP contribution in [0.4, 0.5) is 5.69 Å². The minimum atomic E-state index is -0.479. The van der Waals surface area contributed by atoms with Gasteiger partial charge in [0, 0.05) is 18.7 Å². The van der Waals surface area contributed by atoms with Crippen molar-refractivity contribution in [3.8, 4) is 0 Å². The zero-order valence-corrected chi connectivity index (χ0v) is 11.9. The van der Waals surface area contributed by atoms with Crippen LogP contribution in [0.25, 0.3) is 0 Å². The largest absolute Gasteiger partial charge is 0.466 e. The molecule has 0 radical (unpaired) electrons. The van der Waals surface area contributed by atoms with Crippen molar-refractivity contribution < 1.29 is 19.1 Å². The summed E-state index contributed by atoms with van der Waals surface area (Å²) < 4.78 is 4.93. The third-order valence-electron chi connectivity index (χ3n) is 3.45. The summed E-state index contributed by atoms with van der Waals surface area (Å²) in [5.41, 5.74) is 6.61. The Morgan fingerprint density at radius 1 is 1.38 bits per heavy atom. The van der Waals surface area contributed by atoms with Crippen LogP contribution in [-0.2, 0) is 25.5 Å². The lowest BCUT2D eigenvalue weighted by atomic mass is 10.1. The fourth-order valence-corrected chi connectivity index (χ4v) is 2.42. The van der Waals surface area contributed by atoms with E-state index in [4.69, 9.17) is 10.5 Å². The molecule has 0 bridgehead atoms. The summed E-state index contributed by atoms with van der Waals surface area (Å²) in [7, 11) is 0. The second-order valence-corrected chi connectivity index (χ2v) is 4.92. The molecular formula is C15H18N2O4. The van der Waals surface area contributed by atoms with Crippen molar-refractivity contribution in [3.63, 3.8) is 0 Å². The van der Waals surface area contributed by atoms with Gasteiger partial charge in [0.25, 0.3) is 0 Å². The van der Waals surface area contributed by atoms with Gasteiger partial charge in [-0.3, -0.25) is 14.4 Å². The Bertz CT molecular complexity index is 571. The third kappa shape index (κ3) is 3.39. The molecule has 1 aromatic carbocycles. The number of ether oxygens (including phenoxy) is 1. The number of carbonyl (C=O) groups is 3. The van der Waals surface area contributed by atoms with Crippen LogP contribution < -0.4 is 10.6 Å². The maximum absolute atomic E-state index is 12.1. The molecule has 2 N–H and O–H groups in total. The van der Waals surface area contributed by atoms with Crippen molar-refractivity contribution in [2.75, 3.05) is 18.1 Å². The van der Waals surface area contributed by atoms with Gasteiger partial charge < -0.3 is 15.4 Å². The van der Waals surface area contributed by atoms with Gasteiger partial charge >= 0.3 is 5.97 Å². The van der Waals surface area contributed by atoms with Gasteiger partial charge in [-0.25, -0.2) is 0 Å². The molecular weight excluding hydrogens is 272 g/mol. The van der Waals surface area contributed by atoms with Crippen LogP contribution in [0.2, 0.25) is 0 Å². The summed E-state index contributed by atoms with van der Waals surface area (Å²) in [5, 5.41) is 0. The van der Waals surface area contributed by atoms with E-state index in [2.05, 4.69) is 0 Å². The summed E-state index contributed by atoms with van der Waals surface area (Å²) in [4.78, 5) is 36.4. The predicted octanol–water partition coefficient (Wildman–Crippen LogP) is 0.630. The minimum Gasteiger partial charge on any atom is -0.466 e. The molecule has 112 valence electrons. The van der Waals surface area contributed by atoms with Crippen LogP contribution in [0.3, 0.4) is 0 Å². The number of rotatable bonds is 5. The maximum atomic E-state index is 12.1. The molecule has 0 aromatic heterocycles. The van der Waals surface area contributed by atoms with Crippen LogP contribution >= 0.6 is 0 Å². The van der Waals surface area contributed by atoms with Gasteiger partial charge in [-0.15, -0.1) is 0 Å². The van der Waals surface area contributed by atoms with E-state index in [0.717, 1.165) is 0 Å². The van der Waals surface area contributed by atoms with Gasteiger partial charge in [-0.05, 0) is 18.6 Å². The highest BCUT2D eigenvalue weighted by Crippen LogP contribution is 2.28. The first-order chi connectivity index (χ1) is 10.0. The molecule has 0 aliphatic carbocycles. The van der Waals surface area contributed by atoms with E-state index in [1.54, 1.807) is 31.2 Å². The van der Waals surface area contributed by atoms with Crippen molar-refractivity contribution in [2.24, 2.45) is 11.7 Å². The number of benzene rings is 1. The van der Waals surface area contributed by atoms with E-state index < -0.39 is 11.8 Å². The number of nitrogens with zero attached hydrogens (tertiary/aromatic N) is 1. The van der Waals surface area contributed by atoms with Gasteiger partial charge in [0.1, 0.15) is 0 Å². The smallest absolute Gasteiger partial charge is 0.310 e. The predicted molar refractivity (Wildman–Crippen MR) is 76.4 cm³/mol. The van der Waals surface area contributed by atoms with Crippen molar-refractivity contribution in [1.29, 1.82) is 0 Å². The van der Waals surface area contributed by atoms with Gasteiger partial charge in [0.15, 0.2) is 0 Å². The summed E-state index contributed by atoms with van der Waals surface area (Å²) in [5.74, 6) is -1.46. The van der Waals surface area contributed by atoms with E-state index in [1.807, 2.05) is 0 Å². The summed E-state index contributed by atoms with van der Waals surface area (Å²) >= 11 is 0. The summed E-state index contributed by atoms with van der Waals surface area (Å²) in [6.45, 7) is 2.31. The molecule has 1 aliphatic heterocycles. The fourth-order valence-electron chi connectivity index (χ4n) is 2.42. The molecule has 0 saturated carbocycles. The number of hydrogen-bond donors (Lipinski definition) is 1. The number of carbonyl (C=O) groups excluding carboxylic acids is 3. The Labute approximate surface area is 122 Å². The molecule has 2 amide bonds. The topological polar surface area (TPSA) is 89.7 Å². The lowest BCUT2D eigenvalue weighted by Gasteiger charge is -2.19. The highest BCUT2D eigenvalue weighted by Gasteiger charge is 2.34. The molecule has 1 saturated heterocycles. The number of para-hydroxylation sites is 1. The van der Waals surface area contributed by atoms with Gasteiger partial charge in [-0.2, -0.15) is 0 Å². The number of amides is 2. The average Bonchev–Trinajstić information content (AvgIpc) is 2.82. The highest BCUT2D eigenvalue weighted by atomic mass is 16.5. The number of hydrogen-bond acceptors (Lipinski definition) is 4. The standard InChI is InChI=1S/C15H18N2O4/c1-2-21-14(19)8-10-5-3-4-6-12(10)17-9-11(15(16)20)7-13(17)18/h3-6,11H,2,7-9H2,1H3,(H2,16,20). The van der Waals surface area contributed by atoms with E-state index in [-0.39, 0.29) is 31.3 Å². The van der Waals surface area contributed by atoms with Crippen LogP contribution in [0, 0.1) is 5.92 Å². The van der Waals surface area contributed by atoms with Crippen LogP contribution in [0.1, 0.15) is 18.9 Å². The van der Waals surface area contributed by atoms with Gasteiger partial charge in [-0.1, -0.05) is 18.2 Å². The SMILES string of the molecule is CCOC(=O)Cc1ccccc1N1CC(C(N)=O)CC1=O. The molecule has 21 heavy (non-hydrogen) atoms. The zero-order chi connectivity index (χ0) is 15.4. The molecule has 6 nitrogen and oxygen atoms in total. The molecule has 6 heteroatoms. The first-order valence-corrected chi connectivity index (χ1v) is 6.86. The van der Waals surface area contributed by atoms with Gasteiger partial charge in [0.05, 0.1) is 18.9 Å². The summed E-state index contributed by atoms with van der Waals surface area (Å²) in [6, 6.07) is 7.12. The molecule has 1 fully saturated rings. The second kappa shape index (κ2) is 6.39. The van der Waals surface area contributed by atoms with Crippen molar-refractivity contribution in [1.82, 2.24) is 0 Å². The molecule has 1 atom stereocenters. The molecule has 1 heterocycles. The minimum absolute atomic E-state index is 0.0923. The van der Waals surface area contributed by atoms with E-state index in [9.17, 15) is 14.4 Å². The van der Waals surface area contributed by atoms with Gasteiger partial charge in [0.2, 0.25) is 11.8 Å². The van der Waals surface area contributed by atoms with E-state index in [0.29, 0.717) is 17.9 Å². The van der Waals surface area contributed by atoms with E-state index >= 15 is 0 Å². The lowest BCUT2D eigenvalue weighted by molar-refractivity contribution is -0.142. The van der Waals surface area contributed by atoms with Crippen molar-refractivity contribution >= 4 is 23.5 Å². The van der Waals surface area contributed by atoms with Crippen LogP contribution in [0.5, 0.6) is 0 Å². The normalized spacial score (nSPS) is 17.9. The highest BCUT2D eigenvalue weighted by molar-refractivity contribution is 6.00. The molecule has 1 aliphatic rings. The van der Waals surface area contributed by atoms with Crippen molar-refractivity contribution in [2.45, 2.75) is 19.8 Å². The van der Waals surface area contributed by atoms with Crippen molar-refractivity contribution in [3.05, 3.63) is 29.8 Å². The second-order valence-electron chi connectivity index (χ2n) is 4.92. The lowest BCUT2D eigenvalue weighted by Crippen LogP contribution is -2.29. The monoisotopic (exact) mass is 290 g/mol. The molecule has 1 aromatic rings. The van der Waals surface area contributed by atoms with Crippen LogP contribution in [0.15, 0.2) is 24.3 Å². The average molecular weight is 290 g/mol. The Kier molecular flexibility index (Phi) is 4.57. The summed E-state index contributed by atoms with van der Waals surface area (Å²) in [6.07, 6.45) is 0.206. The first-order valence-electron chi connectivity index (χ1n) is 6.86. The Morgan fingerprint density at radius 2 is 2.10 bits per heavy atom. The van der Waals surface area contributed by atoms with E-state index in [1.165, 1.54) is 4.90 Å². The molecule has 1 unspecified atom stereocenters. The number of esters is 1. The Balaban J connectivity index is 2.22. The fraction of sp³-hybridized carbons (Fsp3) is 0.400. The van der Waals surface area contributed by atoms with Crippen LogP contribution in [-0.4, -0.2) is 30.9 Å². The maximum Gasteiger partial charge on any atom is 0.310 e. The number of anilines is 1. The molecule has 0 spiro atoms. The molecule has 2 rings (SSSR count). The number of primary amides is 1. The third-order valence-corrected chi connectivity index (χ3v) is 3.45. The zero-order valence-electron chi connectivity index (χ0n) is 11.9. The Morgan fingerprint density at radius 3 is 2.71 bits per heavy atom.